The minimum Gasteiger partial charge on any atom is -0.462 e. The van der Waals surface area contributed by atoms with Crippen molar-refractivity contribution in [3.8, 4) is 0 Å². The van der Waals surface area contributed by atoms with Crippen LogP contribution in [0.4, 0.5) is 0 Å². The zero-order valence-corrected chi connectivity index (χ0v) is 47.5. The number of rotatable bonds is 52. The molecule has 0 aliphatic rings. The number of unbranched alkanes of at least 4 members (excludes halogenated alkanes) is 17. The molecule has 0 fully saturated rings. The average Bonchev–Trinajstić information content (AvgIpc) is 3.40. The van der Waals surface area contributed by atoms with Crippen LogP contribution in [0.2, 0.25) is 0 Å². The van der Waals surface area contributed by atoms with E-state index in [9.17, 15) is 14.4 Å². The lowest BCUT2D eigenvalue weighted by atomic mass is 10.1. The molecule has 0 heterocycles. The summed E-state index contributed by atoms with van der Waals surface area (Å²) < 4.78 is 16.8. The number of esters is 3. The van der Waals surface area contributed by atoms with E-state index >= 15 is 0 Å². The van der Waals surface area contributed by atoms with Gasteiger partial charge in [-0.1, -0.05) is 231 Å². The van der Waals surface area contributed by atoms with Crippen LogP contribution in [-0.2, 0) is 28.6 Å². The Balaban J connectivity index is 4.48. The molecule has 74 heavy (non-hydrogen) atoms. The molecular formula is C68H108O6. The van der Waals surface area contributed by atoms with E-state index in [1.165, 1.54) is 44.9 Å². The number of ether oxygens (including phenoxy) is 3. The summed E-state index contributed by atoms with van der Waals surface area (Å²) in [5, 5.41) is 0. The molecule has 0 aromatic carbocycles. The van der Waals surface area contributed by atoms with Crippen molar-refractivity contribution < 1.29 is 28.6 Å². The van der Waals surface area contributed by atoms with Gasteiger partial charge in [-0.25, -0.2) is 0 Å². The van der Waals surface area contributed by atoms with Gasteiger partial charge in [0, 0.05) is 19.3 Å². The van der Waals surface area contributed by atoms with Crippen molar-refractivity contribution in [3.63, 3.8) is 0 Å². The summed E-state index contributed by atoms with van der Waals surface area (Å²) in [6.07, 6.45) is 87.0. The zero-order valence-electron chi connectivity index (χ0n) is 47.5. The third-order valence-corrected chi connectivity index (χ3v) is 12.0. The molecule has 0 rings (SSSR count). The van der Waals surface area contributed by atoms with Crippen molar-refractivity contribution in [2.45, 2.75) is 252 Å². The first-order valence-electron chi connectivity index (χ1n) is 29.8. The van der Waals surface area contributed by atoms with Crippen molar-refractivity contribution in [1.29, 1.82) is 0 Å². The van der Waals surface area contributed by atoms with Crippen molar-refractivity contribution in [3.05, 3.63) is 146 Å². The Morgan fingerprint density at radius 1 is 0.284 bits per heavy atom. The summed E-state index contributed by atoms with van der Waals surface area (Å²) in [6.45, 7) is 6.39. The molecular weight excluding hydrogens is 913 g/mol. The first-order chi connectivity index (χ1) is 36.5. The van der Waals surface area contributed by atoms with Gasteiger partial charge in [0.05, 0.1) is 0 Å². The minimum absolute atomic E-state index is 0.110. The Labute approximate surface area is 455 Å². The molecule has 0 amide bonds. The Morgan fingerprint density at radius 3 is 0.892 bits per heavy atom. The van der Waals surface area contributed by atoms with Gasteiger partial charge in [-0.15, -0.1) is 0 Å². The van der Waals surface area contributed by atoms with Crippen molar-refractivity contribution in [2.75, 3.05) is 13.2 Å². The van der Waals surface area contributed by atoms with Gasteiger partial charge in [-0.2, -0.15) is 0 Å². The number of carbonyl (C=O) groups is 3. The number of allylic oxidation sites excluding steroid dienone is 24. The van der Waals surface area contributed by atoms with Crippen molar-refractivity contribution >= 4 is 17.9 Å². The highest BCUT2D eigenvalue weighted by atomic mass is 16.6. The summed E-state index contributed by atoms with van der Waals surface area (Å²) >= 11 is 0. The Hall–Kier alpha value is -4.71. The molecule has 6 nitrogen and oxygen atoms in total. The molecule has 0 aromatic heterocycles. The van der Waals surface area contributed by atoms with Gasteiger partial charge in [0.15, 0.2) is 6.10 Å². The van der Waals surface area contributed by atoms with E-state index in [-0.39, 0.29) is 31.1 Å². The lowest BCUT2D eigenvalue weighted by Crippen LogP contribution is -2.30. The van der Waals surface area contributed by atoms with Gasteiger partial charge >= 0.3 is 17.9 Å². The second-order valence-electron chi connectivity index (χ2n) is 19.2. The SMILES string of the molecule is CC/C=C\C/C=C\C/C=C\C/C=C\C/C=C\C/C=C\C/C=C\C/C=C\CCCCC(=O)OCC(COC(=O)CCCCCCC/C=C\C/C=C\CCCC)OC(=O)CCCCCCC/C=C\C/C=C\CCCCC. The van der Waals surface area contributed by atoms with Gasteiger partial charge in [0.1, 0.15) is 13.2 Å². The molecule has 0 N–H and O–H groups in total. The maximum Gasteiger partial charge on any atom is 0.306 e. The van der Waals surface area contributed by atoms with Gasteiger partial charge in [0.2, 0.25) is 0 Å². The minimum atomic E-state index is -0.816. The van der Waals surface area contributed by atoms with Crippen LogP contribution in [0.3, 0.4) is 0 Å². The summed E-state index contributed by atoms with van der Waals surface area (Å²) in [5.41, 5.74) is 0. The van der Waals surface area contributed by atoms with Gasteiger partial charge < -0.3 is 14.2 Å². The topological polar surface area (TPSA) is 78.9 Å². The normalized spacial score (nSPS) is 13.2. The van der Waals surface area contributed by atoms with Crippen LogP contribution in [0.15, 0.2) is 146 Å². The maximum atomic E-state index is 12.9. The lowest BCUT2D eigenvalue weighted by molar-refractivity contribution is -0.167. The van der Waals surface area contributed by atoms with Gasteiger partial charge in [-0.3, -0.25) is 14.4 Å². The van der Waals surface area contributed by atoms with Crippen LogP contribution in [0.5, 0.6) is 0 Å². The van der Waals surface area contributed by atoms with E-state index in [4.69, 9.17) is 14.2 Å². The maximum absolute atomic E-state index is 12.9. The monoisotopic (exact) mass is 1020 g/mol. The number of carbonyl (C=O) groups excluding carboxylic acids is 3. The predicted octanol–water partition coefficient (Wildman–Crippen LogP) is 20.4. The Bertz CT molecular complexity index is 1640. The first-order valence-corrected chi connectivity index (χ1v) is 29.8. The van der Waals surface area contributed by atoms with E-state index in [1.807, 2.05) is 0 Å². The van der Waals surface area contributed by atoms with E-state index in [0.717, 1.165) is 154 Å². The first kappa shape index (κ1) is 69.3. The summed E-state index contributed by atoms with van der Waals surface area (Å²) in [4.78, 5) is 38.2. The van der Waals surface area contributed by atoms with Crippen LogP contribution in [0, 0.1) is 0 Å². The van der Waals surface area contributed by atoms with E-state index in [0.29, 0.717) is 25.7 Å². The van der Waals surface area contributed by atoms with Crippen LogP contribution in [0.1, 0.15) is 245 Å². The van der Waals surface area contributed by atoms with Crippen molar-refractivity contribution in [2.24, 2.45) is 0 Å². The third kappa shape index (κ3) is 58.2. The molecule has 6 heteroatoms. The summed E-state index contributed by atoms with van der Waals surface area (Å²) in [7, 11) is 0. The summed E-state index contributed by atoms with van der Waals surface area (Å²) in [6, 6.07) is 0. The molecule has 0 aliphatic heterocycles. The van der Waals surface area contributed by atoms with Gasteiger partial charge in [0.25, 0.3) is 0 Å². The molecule has 0 aromatic rings. The Morgan fingerprint density at radius 2 is 0.541 bits per heavy atom. The van der Waals surface area contributed by atoms with Crippen LogP contribution in [-0.4, -0.2) is 37.2 Å². The Kier molecular flexibility index (Phi) is 57.0. The second-order valence-corrected chi connectivity index (χ2v) is 19.2. The fourth-order valence-electron chi connectivity index (χ4n) is 7.56. The van der Waals surface area contributed by atoms with Crippen LogP contribution < -0.4 is 0 Å². The molecule has 0 saturated carbocycles. The van der Waals surface area contributed by atoms with E-state index in [2.05, 4.69) is 167 Å². The lowest BCUT2D eigenvalue weighted by Gasteiger charge is -2.18. The fourth-order valence-corrected chi connectivity index (χ4v) is 7.56. The molecule has 0 aliphatic carbocycles. The quantitative estimate of drug-likeness (QED) is 0.0261. The average molecular weight is 1020 g/mol. The van der Waals surface area contributed by atoms with E-state index < -0.39 is 6.10 Å². The highest BCUT2D eigenvalue weighted by Crippen LogP contribution is 2.13. The predicted molar refractivity (Wildman–Crippen MR) is 320 cm³/mol. The van der Waals surface area contributed by atoms with E-state index in [1.54, 1.807) is 0 Å². The standard InChI is InChI=1S/C68H108O6/c1-4-7-10-13-16-19-22-25-28-29-30-31-32-33-34-35-36-37-38-39-41-43-46-49-52-55-58-61-67(70)73-64-65(63-72-66(69)60-57-54-51-48-45-42-27-24-21-18-15-12-9-6-3)74-68(71)62-59-56-53-50-47-44-40-26-23-20-17-14-11-8-5-2/h7,10,15-20,24-28,30-31,33-34,36-37,39-41,46,49,65H,4-6,8-9,11-14,21-23,29,32,35,38,42-45,47-48,50-64H2,1-3H3/b10-7-,18-15-,19-16-,20-17-,27-24-,28-25-,31-30-,34-33-,37-36-,40-26-,41-39-,49-46-. The highest BCUT2D eigenvalue weighted by Gasteiger charge is 2.19. The molecule has 0 bridgehead atoms. The molecule has 0 saturated heterocycles. The number of hydrogen-bond acceptors (Lipinski definition) is 6. The molecule has 0 spiro atoms. The highest BCUT2D eigenvalue weighted by molar-refractivity contribution is 5.71. The van der Waals surface area contributed by atoms with Gasteiger partial charge in [-0.05, 0) is 141 Å². The van der Waals surface area contributed by atoms with Crippen LogP contribution >= 0.6 is 0 Å². The fraction of sp³-hybridized carbons (Fsp3) is 0.603. The molecule has 1 atom stereocenters. The molecule has 416 valence electrons. The van der Waals surface area contributed by atoms with Crippen molar-refractivity contribution in [1.82, 2.24) is 0 Å². The van der Waals surface area contributed by atoms with Crippen LogP contribution in [0.25, 0.3) is 0 Å². The largest absolute Gasteiger partial charge is 0.462 e. The smallest absolute Gasteiger partial charge is 0.306 e. The molecule has 0 radical (unpaired) electrons. The zero-order chi connectivity index (χ0) is 53.6. The second kappa shape index (κ2) is 60.8. The number of hydrogen-bond donors (Lipinski definition) is 0. The summed E-state index contributed by atoms with van der Waals surface area (Å²) in [5.74, 6) is -0.988. The molecule has 1 unspecified atom stereocenters. The third-order valence-electron chi connectivity index (χ3n) is 12.0.